The van der Waals surface area contributed by atoms with Crippen LogP contribution in [0.15, 0.2) is 36.5 Å². The Kier molecular flexibility index (Phi) is 4.14. The zero-order valence-corrected chi connectivity index (χ0v) is 13.2. The average Bonchev–Trinajstić information content (AvgIpc) is 2.81. The van der Waals surface area contributed by atoms with Crippen LogP contribution in [0.25, 0.3) is 0 Å². The number of hydrogen-bond donors (Lipinski definition) is 1. The maximum Gasteiger partial charge on any atom is 0.320 e. The summed E-state index contributed by atoms with van der Waals surface area (Å²) in [7, 11) is 1.77. The van der Waals surface area contributed by atoms with Gasteiger partial charge in [0.05, 0.1) is 11.9 Å². The fourth-order valence-corrected chi connectivity index (χ4v) is 2.59. The fourth-order valence-electron chi connectivity index (χ4n) is 2.59. The molecule has 1 aliphatic heterocycles. The number of aryl methyl sites for hydroxylation is 1. The van der Waals surface area contributed by atoms with E-state index in [4.69, 9.17) is 0 Å². The number of nitrogens with one attached hydrogen (secondary N) is 1. The monoisotopic (exact) mass is 314 g/mol. The maximum atomic E-state index is 13.9. The van der Waals surface area contributed by atoms with E-state index >= 15 is 0 Å². The van der Waals surface area contributed by atoms with Gasteiger partial charge < -0.3 is 15.1 Å². The van der Waals surface area contributed by atoms with Gasteiger partial charge in [0.25, 0.3) is 0 Å². The van der Waals surface area contributed by atoms with Crippen molar-refractivity contribution in [2.24, 2.45) is 0 Å². The molecule has 1 saturated heterocycles. The second-order valence-corrected chi connectivity index (χ2v) is 5.79. The van der Waals surface area contributed by atoms with E-state index in [-0.39, 0.29) is 11.8 Å². The average molecular weight is 314 g/mol. The van der Waals surface area contributed by atoms with Crippen molar-refractivity contribution in [3.05, 3.63) is 53.6 Å². The maximum absolute atomic E-state index is 13.9. The normalized spacial score (nSPS) is 14.5. The molecule has 0 saturated carbocycles. The summed E-state index contributed by atoms with van der Waals surface area (Å²) in [5.41, 5.74) is 3.12. The first kappa shape index (κ1) is 15.3. The number of amides is 2. The lowest BCUT2D eigenvalue weighted by Crippen LogP contribution is -2.28. The van der Waals surface area contributed by atoms with Gasteiger partial charge in [0.2, 0.25) is 0 Å². The topological polar surface area (TPSA) is 48.5 Å². The highest BCUT2D eigenvalue weighted by Gasteiger charge is 2.25. The van der Waals surface area contributed by atoms with Crippen molar-refractivity contribution in [1.29, 1.82) is 0 Å². The van der Waals surface area contributed by atoms with Crippen LogP contribution in [0.2, 0.25) is 0 Å². The molecule has 0 unspecified atom stereocenters. The van der Waals surface area contributed by atoms with Crippen molar-refractivity contribution in [3.8, 4) is 0 Å². The number of pyridine rings is 1. The number of carbonyl (C=O) groups is 1. The predicted octanol–water partition coefficient (Wildman–Crippen LogP) is 3.14. The predicted molar refractivity (Wildman–Crippen MR) is 87.1 cm³/mol. The van der Waals surface area contributed by atoms with Gasteiger partial charge in [-0.25, -0.2) is 9.18 Å². The third-order valence-corrected chi connectivity index (χ3v) is 3.83. The Morgan fingerprint density at radius 3 is 2.70 bits per heavy atom. The van der Waals surface area contributed by atoms with E-state index in [0.717, 1.165) is 16.9 Å². The Morgan fingerprint density at radius 1 is 1.22 bits per heavy atom. The Morgan fingerprint density at radius 2 is 2.04 bits per heavy atom. The molecule has 120 valence electrons. The van der Waals surface area contributed by atoms with Crippen LogP contribution in [0.1, 0.15) is 11.3 Å². The summed E-state index contributed by atoms with van der Waals surface area (Å²) < 4.78 is 13.9. The number of urea groups is 1. The second-order valence-electron chi connectivity index (χ2n) is 5.79. The third-order valence-electron chi connectivity index (χ3n) is 3.83. The molecule has 3 rings (SSSR count). The summed E-state index contributed by atoms with van der Waals surface area (Å²) in [6.07, 6.45) is 1.71. The summed E-state index contributed by atoms with van der Waals surface area (Å²) in [4.78, 5) is 19.5. The lowest BCUT2D eigenvalue weighted by Gasteiger charge is -2.17. The largest absolute Gasteiger partial charge is 0.354 e. The van der Waals surface area contributed by atoms with Gasteiger partial charge in [0.1, 0.15) is 5.82 Å². The molecule has 1 aromatic heterocycles. The van der Waals surface area contributed by atoms with Crippen LogP contribution in [0.4, 0.5) is 20.6 Å². The molecule has 0 atom stereocenters. The van der Waals surface area contributed by atoms with Gasteiger partial charge in [0, 0.05) is 38.1 Å². The van der Waals surface area contributed by atoms with Gasteiger partial charge in [0.15, 0.2) is 0 Å². The second kappa shape index (κ2) is 6.24. The van der Waals surface area contributed by atoms with Gasteiger partial charge >= 0.3 is 6.03 Å². The van der Waals surface area contributed by atoms with Crippen LogP contribution in [0.5, 0.6) is 0 Å². The molecule has 1 aliphatic rings. The van der Waals surface area contributed by atoms with Gasteiger partial charge in [-0.15, -0.1) is 0 Å². The molecular formula is C17H19FN4O. The Labute approximate surface area is 134 Å². The minimum Gasteiger partial charge on any atom is -0.354 e. The molecule has 2 aromatic rings. The molecule has 6 heteroatoms. The van der Waals surface area contributed by atoms with Crippen LogP contribution in [0.3, 0.4) is 0 Å². The summed E-state index contributed by atoms with van der Waals surface area (Å²) >= 11 is 0. The SMILES string of the molecule is Cc1ccc(Nc2cc(F)cc(CN3CCN(C)C3=O)c2)cn1. The summed E-state index contributed by atoms with van der Waals surface area (Å²) in [6, 6.07) is 8.51. The highest BCUT2D eigenvalue weighted by molar-refractivity contribution is 5.76. The Balaban J connectivity index is 1.76. The zero-order valence-electron chi connectivity index (χ0n) is 13.2. The van der Waals surface area contributed by atoms with Gasteiger partial charge in [-0.2, -0.15) is 0 Å². The van der Waals surface area contributed by atoms with Crippen molar-refractivity contribution in [2.75, 3.05) is 25.5 Å². The fraction of sp³-hybridized carbons (Fsp3) is 0.294. The molecule has 0 spiro atoms. The number of benzene rings is 1. The number of rotatable bonds is 4. The first-order chi connectivity index (χ1) is 11.0. The molecule has 1 aromatic carbocycles. The highest BCUT2D eigenvalue weighted by Crippen LogP contribution is 2.21. The summed E-state index contributed by atoms with van der Waals surface area (Å²) in [5.74, 6) is -0.329. The van der Waals surface area contributed by atoms with E-state index in [0.29, 0.717) is 25.3 Å². The number of halogens is 1. The number of aromatic nitrogens is 1. The van der Waals surface area contributed by atoms with E-state index in [1.807, 2.05) is 25.1 Å². The van der Waals surface area contributed by atoms with Crippen LogP contribution >= 0.6 is 0 Å². The van der Waals surface area contributed by atoms with Crippen LogP contribution in [-0.4, -0.2) is 41.0 Å². The highest BCUT2D eigenvalue weighted by atomic mass is 19.1. The lowest BCUT2D eigenvalue weighted by atomic mass is 10.1. The number of nitrogens with zero attached hydrogens (tertiary/aromatic N) is 3. The van der Waals surface area contributed by atoms with Crippen LogP contribution < -0.4 is 5.32 Å². The van der Waals surface area contributed by atoms with Crippen molar-refractivity contribution in [3.63, 3.8) is 0 Å². The lowest BCUT2D eigenvalue weighted by molar-refractivity contribution is 0.197. The molecule has 23 heavy (non-hydrogen) atoms. The van der Waals surface area contributed by atoms with E-state index in [1.165, 1.54) is 12.1 Å². The minimum atomic E-state index is -0.329. The van der Waals surface area contributed by atoms with Crippen molar-refractivity contribution >= 4 is 17.4 Å². The molecule has 0 bridgehead atoms. The number of carbonyl (C=O) groups excluding carboxylic acids is 1. The standard InChI is InChI=1S/C17H19FN4O/c1-12-3-4-15(10-19-12)20-16-8-13(7-14(18)9-16)11-22-6-5-21(2)17(22)23/h3-4,7-10,20H,5-6,11H2,1-2H3. The van der Waals surface area contributed by atoms with Gasteiger partial charge in [-0.05, 0) is 42.8 Å². The van der Waals surface area contributed by atoms with Crippen LogP contribution in [-0.2, 0) is 6.54 Å². The molecule has 2 amide bonds. The third kappa shape index (κ3) is 3.59. The molecule has 1 fully saturated rings. The number of likely N-dealkylation sites (N-methyl/N-ethyl adjacent to an activating group) is 1. The van der Waals surface area contributed by atoms with E-state index in [2.05, 4.69) is 10.3 Å². The quantitative estimate of drug-likeness (QED) is 0.943. The summed E-state index contributed by atoms with van der Waals surface area (Å²) in [5, 5.41) is 3.14. The van der Waals surface area contributed by atoms with Crippen LogP contribution in [0, 0.1) is 12.7 Å². The first-order valence-electron chi connectivity index (χ1n) is 7.50. The van der Waals surface area contributed by atoms with E-state index in [1.54, 1.807) is 23.0 Å². The minimum absolute atomic E-state index is 0.0218. The number of anilines is 2. The molecule has 0 aliphatic carbocycles. The number of hydrogen-bond acceptors (Lipinski definition) is 3. The molecule has 2 heterocycles. The Hall–Kier alpha value is -2.63. The van der Waals surface area contributed by atoms with Crippen molar-refractivity contribution in [2.45, 2.75) is 13.5 Å². The molecule has 5 nitrogen and oxygen atoms in total. The smallest absolute Gasteiger partial charge is 0.320 e. The Bertz CT molecular complexity index is 717. The summed E-state index contributed by atoms with van der Waals surface area (Å²) in [6.45, 7) is 3.68. The first-order valence-corrected chi connectivity index (χ1v) is 7.50. The van der Waals surface area contributed by atoms with E-state index in [9.17, 15) is 9.18 Å². The zero-order chi connectivity index (χ0) is 16.4. The molecule has 1 N–H and O–H groups in total. The van der Waals surface area contributed by atoms with Crippen molar-refractivity contribution in [1.82, 2.24) is 14.8 Å². The molecular weight excluding hydrogens is 295 g/mol. The van der Waals surface area contributed by atoms with Crippen molar-refractivity contribution < 1.29 is 9.18 Å². The van der Waals surface area contributed by atoms with E-state index < -0.39 is 0 Å². The van der Waals surface area contributed by atoms with Gasteiger partial charge in [-0.1, -0.05) is 0 Å². The van der Waals surface area contributed by atoms with Gasteiger partial charge in [-0.3, -0.25) is 4.98 Å². The molecule has 0 radical (unpaired) electrons.